The van der Waals surface area contributed by atoms with E-state index >= 15 is 0 Å². The molecule has 2 unspecified atom stereocenters. The van der Waals surface area contributed by atoms with E-state index in [1.807, 2.05) is 16.8 Å². The zero-order chi connectivity index (χ0) is 11.0. The van der Waals surface area contributed by atoms with Gasteiger partial charge in [-0.2, -0.15) is 0 Å². The van der Waals surface area contributed by atoms with Crippen molar-refractivity contribution in [1.82, 2.24) is 9.80 Å². The van der Waals surface area contributed by atoms with Crippen molar-refractivity contribution >= 4 is 5.91 Å². The Kier molecular flexibility index (Phi) is 2.98. The summed E-state index contributed by atoms with van der Waals surface area (Å²) in [5.41, 5.74) is 0. The third kappa shape index (κ3) is 2.01. The summed E-state index contributed by atoms with van der Waals surface area (Å²) in [6, 6.07) is 0.451. The minimum Gasteiger partial charge on any atom is -0.394 e. The molecule has 2 aliphatic rings. The van der Waals surface area contributed by atoms with E-state index in [1.165, 1.54) is 0 Å². The Balaban J connectivity index is 2.17. The topological polar surface area (TPSA) is 43.8 Å². The van der Waals surface area contributed by atoms with Gasteiger partial charge in [0.15, 0.2) is 0 Å². The lowest BCUT2D eigenvalue weighted by Crippen LogP contribution is -2.49. The van der Waals surface area contributed by atoms with Gasteiger partial charge in [0, 0.05) is 18.6 Å². The first-order valence-electron chi connectivity index (χ1n) is 5.78. The second kappa shape index (κ2) is 4.10. The van der Waals surface area contributed by atoms with Crippen molar-refractivity contribution in [2.45, 2.75) is 44.3 Å². The molecule has 2 atom stereocenters. The van der Waals surface area contributed by atoms with Crippen molar-refractivity contribution in [3.05, 3.63) is 0 Å². The Hall–Kier alpha value is -0.610. The fourth-order valence-electron chi connectivity index (χ4n) is 2.37. The molecule has 0 aromatic heterocycles. The Bertz CT molecular complexity index is 253. The maximum atomic E-state index is 12.2. The van der Waals surface area contributed by atoms with Crippen LogP contribution in [0.1, 0.15) is 26.2 Å². The first-order valence-corrected chi connectivity index (χ1v) is 5.78. The van der Waals surface area contributed by atoms with Crippen molar-refractivity contribution < 1.29 is 9.90 Å². The zero-order valence-electron chi connectivity index (χ0n) is 9.52. The summed E-state index contributed by atoms with van der Waals surface area (Å²) in [5.74, 6) is 0.118. The number of aliphatic hydroxyl groups excluding tert-OH is 1. The van der Waals surface area contributed by atoms with Crippen LogP contribution >= 0.6 is 0 Å². The molecular weight excluding hydrogens is 192 g/mol. The van der Waals surface area contributed by atoms with E-state index in [2.05, 4.69) is 6.92 Å². The third-order valence-corrected chi connectivity index (χ3v) is 3.56. The van der Waals surface area contributed by atoms with Gasteiger partial charge in [0.1, 0.15) is 6.04 Å². The van der Waals surface area contributed by atoms with E-state index in [-0.39, 0.29) is 18.6 Å². The van der Waals surface area contributed by atoms with E-state index in [1.54, 1.807) is 0 Å². The minimum atomic E-state index is -0.324. The van der Waals surface area contributed by atoms with Gasteiger partial charge in [0.05, 0.1) is 6.61 Å². The lowest BCUT2D eigenvalue weighted by atomic mass is 10.2. The Morgan fingerprint density at radius 1 is 1.40 bits per heavy atom. The number of hydrogen-bond acceptors (Lipinski definition) is 3. The van der Waals surface area contributed by atoms with Crippen LogP contribution in [0.4, 0.5) is 0 Å². The molecular formula is C11H20N2O2. The number of carbonyl (C=O) groups is 1. The molecule has 15 heavy (non-hydrogen) atoms. The maximum absolute atomic E-state index is 12.2. The Labute approximate surface area is 90.9 Å². The first-order chi connectivity index (χ1) is 7.15. The van der Waals surface area contributed by atoms with Crippen LogP contribution < -0.4 is 0 Å². The van der Waals surface area contributed by atoms with Gasteiger partial charge in [-0.3, -0.25) is 9.69 Å². The lowest BCUT2D eigenvalue weighted by Gasteiger charge is -2.29. The quantitative estimate of drug-likeness (QED) is 0.704. The SMILES string of the molecule is CC1CCN(C)C(CO)C(=O)N1C1CC1. The van der Waals surface area contributed by atoms with Crippen molar-refractivity contribution in [3.8, 4) is 0 Å². The number of amides is 1. The molecule has 4 nitrogen and oxygen atoms in total. The maximum Gasteiger partial charge on any atom is 0.242 e. The average Bonchev–Trinajstić information content (AvgIpc) is 2.99. The van der Waals surface area contributed by atoms with E-state index in [9.17, 15) is 9.90 Å². The average molecular weight is 212 g/mol. The first kappa shape index (κ1) is 10.9. The van der Waals surface area contributed by atoms with E-state index in [4.69, 9.17) is 0 Å². The molecule has 1 aliphatic carbocycles. The minimum absolute atomic E-state index is 0.0642. The molecule has 1 aliphatic heterocycles. The number of nitrogens with zero attached hydrogens (tertiary/aromatic N) is 2. The van der Waals surface area contributed by atoms with Gasteiger partial charge in [-0.25, -0.2) is 0 Å². The summed E-state index contributed by atoms with van der Waals surface area (Å²) >= 11 is 0. The molecule has 4 heteroatoms. The molecule has 2 rings (SSSR count). The van der Waals surface area contributed by atoms with Crippen LogP contribution in [-0.2, 0) is 4.79 Å². The highest BCUT2D eigenvalue weighted by molar-refractivity contribution is 5.83. The van der Waals surface area contributed by atoms with Crippen LogP contribution in [0, 0.1) is 0 Å². The molecule has 1 amide bonds. The molecule has 1 heterocycles. The third-order valence-electron chi connectivity index (χ3n) is 3.56. The molecule has 0 aromatic rings. The van der Waals surface area contributed by atoms with Crippen molar-refractivity contribution in [2.75, 3.05) is 20.2 Å². The number of hydrogen-bond donors (Lipinski definition) is 1. The number of carbonyl (C=O) groups excluding carboxylic acids is 1. The zero-order valence-corrected chi connectivity index (χ0v) is 9.52. The fourth-order valence-corrected chi connectivity index (χ4v) is 2.37. The Morgan fingerprint density at radius 3 is 2.60 bits per heavy atom. The second-order valence-corrected chi connectivity index (χ2v) is 4.79. The standard InChI is InChI=1S/C11H20N2O2/c1-8-5-6-12(2)10(7-14)11(15)13(8)9-3-4-9/h8-10,14H,3-7H2,1-2H3. The van der Waals surface area contributed by atoms with Gasteiger partial charge >= 0.3 is 0 Å². The van der Waals surface area contributed by atoms with Gasteiger partial charge in [-0.15, -0.1) is 0 Å². The fraction of sp³-hybridized carbons (Fsp3) is 0.909. The number of likely N-dealkylation sites (N-methyl/N-ethyl adjacent to an activating group) is 1. The molecule has 0 radical (unpaired) electrons. The number of rotatable bonds is 2. The Morgan fingerprint density at radius 2 is 2.07 bits per heavy atom. The molecule has 86 valence electrons. The van der Waals surface area contributed by atoms with Crippen LogP contribution in [0.3, 0.4) is 0 Å². The highest BCUT2D eigenvalue weighted by Crippen LogP contribution is 2.31. The molecule has 1 saturated heterocycles. The molecule has 1 N–H and O–H groups in total. The normalized spacial score (nSPS) is 34.3. The van der Waals surface area contributed by atoms with Crippen molar-refractivity contribution in [1.29, 1.82) is 0 Å². The summed E-state index contributed by atoms with van der Waals surface area (Å²) in [7, 11) is 1.92. The summed E-state index contributed by atoms with van der Waals surface area (Å²) in [5, 5.41) is 9.27. The van der Waals surface area contributed by atoms with Crippen LogP contribution in [0.15, 0.2) is 0 Å². The largest absolute Gasteiger partial charge is 0.394 e. The van der Waals surface area contributed by atoms with Gasteiger partial charge in [-0.05, 0) is 33.2 Å². The summed E-state index contributed by atoms with van der Waals surface area (Å²) in [6.45, 7) is 2.94. The van der Waals surface area contributed by atoms with E-state index in [0.717, 1.165) is 25.8 Å². The van der Waals surface area contributed by atoms with Gasteiger partial charge in [-0.1, -0.05) is 0 Å². The molecule has 0 aromatic carbocycles. The van der Waals surface area contributed by atoms with Crippen molar-refractivity contribution in [2.24, 2.45) is 0 Å². The van der Waals surface area contributed by atoms with Gasteiger partial charge < -0.3 is 10.0 Å². The predicted octanol–water partition coefficient (Wildman–Crippen LogP) is 0.0623. The number of aliphatic hydroxyl groups is 1. The van der Waals surface area contributed by atoms with Gasteiger partial charge in [0.2, 0.25) is 5.91 Å². The highest BCUT2D eigenvalue weighted by atomic mass is 16.3. The predicted molar refractivity (Wildman–Crippen MR) is 57.5 cm³/mol. The lowest BCUT2D eigenvalue weighted by molar-refractivity contribution is -0.138. The van der Waals surface area contributed by atoms with Crippen LogP contribution in [0.5, 0.6) is 0 Å². The van der Waals surface area contributed by atoms with E-state index in [0.29, 0.717) is 12.1 Å². The summed E-state index contributed by atoms with van der Waals surface area (Å²) in [4.78, 5) is 16.2. The van der Waals surface area contributed by atoms with Crippen LogP contribution in [-0.4, -0.2) is 59.1 Å². The summed E-state index contributed by atoms with van der Waals surface area (Å²) in [6.07, 6.45) is 3.28. The highest BCUT2D eigenvalue weighted by Gasteiger charge is 2.41. The van der Waals surface area contributed by atoms with Crippen molar-refractivity contribution in [3.63, 3.8) is 0 Å². The van der Waals surface area contributed by atoms with Gasteiger partial charge in [0.25, 0.3) is 0 Å². The molecule has 0 bridgehead atoms. The smallest absolute Gasteiger partial charge is 0.242 e. The summed E-state index contributed by atoms with van der Waals surface area (Å²) < 4.78 is 0. The van der Waals surface area contributed by atoms with Crippen LogP contribution in [0.25, 0.3) is 0 Å². The van der Waals surface area contributed by atoms with Crippen LogP contribution in [0.2, 0.25) is 0 Å². The molecule has 2 fully saturated rings. The molecule has 1 saturated carbocycles. The second-order valence-electron chi connectivity index (χ2n) is 4.79. The monoisotopic (exact) mass is 212 g/mol. The van der Waals surface area contributed by atoms with E-state index < -0.39 is 0 Å². The molecule has 0 spiro atoms.